The van der Waals surface area contributed by atoms with E-state index in [1.807, 2.05) is 12.4 Å². The van der Waals surface area contributed by atoms with Crippen LogP contribution in [0.5, 0.6) is 0 Å². The lowest BCUT2D eigenvalue weighted by Crippen LogP contribution is -2.30. The second-order valence-electron chi connectivity index (χ2n) is 13.3. The van der Waals surface area contributed by atoms with Crippen molar-refractivity contribution in [1.29, 1.82) is 0 Å². The first-order valence-corrected chi connectivity index (χ1v) is 15.5. The van der Waals surface area contributed by atoms with Gasteiger partial charge in [0.2, 0.25) is 0 Å². The molecule has 0 fully saturated rings. The first kappa shape index (κ1) is 25.4. The number of hydrogen-bond acceptors (Lipinski definition) is 2. The average Bonchev–Trinajstić information content (AvgIpc) is 3.39. The Bertz CT molecular complexity index is 2290. The van der Waals surface area contributed by atoms with Crippen LogP contribution in [0.4, 0.5) is 17.1 Å². The third-order valence-corrected chi connectivity index (χ3v) is 10.2. The fraction of sp³-hybridized carbons (Fsp3) is 0.146. The van der Waals surface area contributed by atoms with Gasteiger partial charge in [-0.2, -0.15) is 0 Å². The van der Waals surface area contributed by atoms with Crippen molar-refractivity contribution >= 4 is 38.9 Å². The van der Waals surface area contributed by atoms with Crippen molar-refractivity contribution in [1.82, 2.24) is 9.55 Å². The zero-order valence-electron chi connectivity index (χ0n) is 25.5. The number of fused-ring (bicyclic) bond motifs is 7. The summed E-state index contributed by atoms with van der Waals surface area (Å²) in [5.41, 5.74) is 14.9. The van der Waals surface area contributed by atoms with Crippen LogP contribution in [0.1, 0.15) is 49.9 Å². The minimum atomic E-state index is -0.148. The van der Waals surface area contributed by atoms with Crippen LogP contribution in [0, 0.1) is 0 Å². The summed E-state index contributed by atoms with van der Waals surface area (Å²) >= 11 is 0. The van der Waals surface area contributed by atoms with E-state index in [2.05, 4.69) is 157 Å². The Morgan fingerprint density at radius 3 is 2.09 bits per heavy atom. The van der Waals surface area contributed by atoms with Crippen molar-refractivity contribution in [3.63, 3.8) is 0 Å². The molecule has 2 aromatic heterocycles. The van der Waals surface area contributed by atoms with Gasteiger partial charge in [0.15, 0.2) is 0 Å². The van der Waals surface area contributed by atoms with Crippen molar-refractivity contribution in [2.45, 2.75) is 38.5 Å². The SMILES string of the molecule is CC1(C)c2ccccc2N(c2ccccc2)c2ccc(-c3ccc4c(c3)c3cccc5c3n4-c3ccncc3C5(C)C)cc21. The zero-order valence-corrected chi connectivity index (χ0v) is 25.5. The molecule has 0 aliphatic carbocycles. The molecule has 5 aromatic carbocycles. The summed E-state index contributed by atoms with van der Waals surface area (Å²) in [6.07, 6.45) is 3.96. The van der Waals surface area contributed by atoms with E-state index in [-0.39, 0.29) is 10.8 Å². The number of aromatic nitrogens is 2. The molecule has 0 bridgehead atoms. The normalized spacial score (nSPS) is 15.6. The van der Waals surface area contributed by atoms with Gasteiger partial charge in [-0.25, -0.2) is 0 Å². The maximum atomic E-state index is 4.52. The molecule has 9 rings (SSSR count). The smallest absolute Gasteiger partial charge is 0.0582 e. The number of anilines is 3. The Morgan fingerprint density at radius 1 is 0.523 bits per heavy atom. The van der Waals surface area contributed by atoms with E-state index in [0.717, 1.165) is 0 Å². The first-order valence-electron chi connectivity index (χ1n) is 15.5. The van der Waals surface area contributed by atoms with E-state index in [1.54, 1.807) is 0 Å². The third-order valence-electron chi connectivity index (χ3n) is 10.2. The van der Waals surface area contributed by atoms with Crippen molar-refractivity contribution in [2.75, 3.05) is 4.90 Å². The van der Waals surface area contributed by atoms with Gasteiger partial charge in [0.1, 0.15) is 0 Å². The predicted octanol–water partition coefficient (Wildman–Crippen LogP) is 10.6. The molecule has 7 aromatic rings. The molecule has 0 radical (unpaired) electrons. The summed E-state index contributed by atoms with van der Waals surface area (Å²) in [6, 6.07) is 42.6. The number of para-hydroxylation sites is 3. The molecule has 4 heterocycles. The van der Waals surface area contributed by atoms with Crippen LogP contribution in [0.2, 0.25) is 0 Å². The van der Waals surface area contributed by atoms with Crippen LogP contribution in [0.3, 0.4) is 0 Å². The van der Waals surface area contributed by atoms with E-state index >= 15 is 0 Å². The lowest BCUT2D eigenvalue weighted by atomic mass is 9.73. The Kier molecular flexibility index (Phi) is 5.02. The molecular weight excluding hydrogens is 534 g/mol. The van der Waals surface area contributed by atoms with Crippen LogP contribution in [0.15, 0.2) is 128 Å². The molecule has 0 spiro atoms. The molecule has 0 saturated heterocycles. The molecule has 3 heteroatoms. The average molecular weight is 568 g/mol. The van der Waals surface area contributed by atoms with Gasteiger partial charge in [0.25, 0.3) is 0 Å². The third kappa shape index (κ3) is 3.24. The highest BCUT2D eigenvalue weighted by molar-refractivity contribution is 6.12. The number of nitrogens with zero attached hydrogens (tertiary/aromatic N) is 3. The van der Waals surface area contributed by atoms with E-state index < -0.39 is 0 Å². The molecule has 0 N–H and O–H groups in total. The summed E-state index contributed by atoms with van der Waals surface area (Å²) in [7, 11) is 0. The molecular formula is C41H33N3. The highest BCUT2D eigenvalue weighted by Gasteiger charge is 2.38. The van der Waals surface area contributed by atoms with Gasteiger partial charge in [-0.05, 0) is 76.3 Å². The molecule has 0 amide bonds. The fourth-order valence-electron chi connectivity index (χ4n) is 7.95. The summed E-state index contributed by atoms with van der Waals surface area (Å²) in [5, 5.41) is 2.59. The fourth-order valence-corrected chi connectivity index (χ4v) is 7.95. The van der Waals surface area contributed by atoms with Crippen LogP contribution in [-0.4, -0.2) is 9.55 Å². The summed E-state index contributed by atoms with van der Waals surface area (Å²) in [6.45, 7) is 9.36. The van der Waals surface area contributed by atoms with Crippen molar-refractivity contribution in [2.24, 2.45) is 0 Å². The minimum absolute atomic E-state index is 0.124. The molecule has 0 unspecified atom stereocenters. The Labute approximate surface area is 258 Å². The summed E-state index contributed by atoms with van der Waals surface area (Å²) in [5.74, 6) is 0. The molecule has 212 valence electrons. The largest absolute Gasteiger partial charge is 0.310 e. The number of benzene rings is 5. The van der Waals surface area contributed by atoms with Crippen LogP contribution in [0.25, 0.3) is 38.6 Å². The molecule has 2 aliphatic rings. The molecule has 3 nitrogen and oxygen atoms in total. The predicted molar refractivity (Wildman–Crippen MR) is 183 cm³/mol. The summed E-state index contributed by atoms with van der Waals surface area (Å²) in [4.78, 5) is 6.94. The van der Waals surface area contributed by atoms with Crippen molar-refractivity contribution < 1.29 is 0 Å². The zero-order chi connectivity index (χ0) is 29.8. The quantitative estimate of drug-likeness (QED) is 0.207. The summed E-state index contributed by atoms with van der Waals surface area (Å²) < 4.78 is 2.46. The van der Waals surface area contributed by atoms with Gasteiger partial charge in [0.05, 0.1) is 28.1 Å². The molecule has 44 heavy (non-hydrogen) atoms. The van der Waals surface area contributed by atoms with Gasteiger partial charge >= 0.3 is 0 Å². The Balaban J connectivity index is 1.26. The van der Waals surface area contributed by atoms with Crippen LogP contribution < -0.4 is 4.90 Å². The van der Waals surface area contributed by atoms with E-state index in [0.29, 0.717) is 0 Å². The highest BCUT2D eigenvalue weighted by atomic mass is 15.2. The van der Waals surface area contributed by atoms with Gasteiger partial charge in [-0.15, -0.1) is 0 Å². The second-order valence-corrected chi connectivity index (χ2v) is 13.3. The van der Waals surface area contributed by atoms with Crippen molar-refractivity contribution in [3.05, 3.63) is 150 Å². The molecule has 2 aliphatic heterocycles. The van der Waals surface area contributed by atoms with E-state index in [9.17, 15) is 0 Å². The van der Waals surface area contributed by atoms with Crippen LogP contribution >= 0.6 is 0 Å². The second kappa shape index (κ2) is 8.70. The standard InChI is InChI=1S/C41H33N3/c1-40(2)31-14-8-9-16-36(31)43(28-11-6-5-7-12-28)37-20-18-27(24-33(37)40)26-17-19-35-30(23-26)29-13-10-15-32-39(29)44(35)38-21-22-42-25-34(38)41(32,3)4/h5-25H,1-4H3. The monoisotopic (exact) mass is 567 g/mol. The maximum absolute atomic E-state index is 4.52. The van der Waals surface area contributed by atoms with E-state index in [1.165, 1.54) is 77.9 Å². The minimum Gasteiger partial charge on any atom is -0.310 e. The topological polar surface area (TPSA) is 21.1 Å². The number of rotatable bonds is 2. The van der Waals surface area contributed by atoms with Gasteiger partial charge in [-0.3, -0.25) is 4.98 Å². The lowest BCUT2D eigenvalue weighted by Gasteiger charge is -2.42. The molecule has 0 saturated carbocycles. The maximum Gasteiger partial charge on any atom is 0.0582 e. The number of pyridine rings is 1. The Morgan fingerprint density at radius 2 is 1.23 bits per heavy atom. The lowest BCUT2D eigenvalue weighted by molar-refractivity contribution is 0.626. The number of hydrogen-bond donors (Lipinski definition) is 0. The van der Waals surface area contributed by atoms with E-state index in [4.69, 9.17) is 0 Å². The van der Waals surface area contributed by atoms with Crippen molar-refractivity contribution in [3.8, 4) is 16.8 Å². The van der Waals surface area contributed by atoms with Crippen LogP contribution in [-0.2, 0) is 10.8 Å². The highest BCUT2D eigenvalue weighted by Crippen LogP contribution is 2.53. The Hall–Kier alpha value is -5.15. The first-order chi connectivity index (χ1) is 21.4. The van der Waals surface area contributed by atoms with Gasteiger partial charge < -0.3 is 9.47 Å². The molecule has 0 atom stereocenters. The van der Waals surface area contributed by atoms with Gasteiger partial charge in [0, 0.05) is 45.2 Å². The van der Waals surface area contributed by atoms with Gasteiger partial charge in [-0.1, -0.05) is 94.4 Å².